The van der Waals surface area contributed by atoms with Gasteiger partial charge >= 0.3 is 0 Å². The molecule has 1 saturated carbocycles. The molecular weight excluding hydrogens is 252 g/mol. The number of fused-ring (bicyclic) bond motifs is 1. The summed E-state index contributed by atoms with van der Waals surface area (Å²) in [6, 6.07) is 0. The third kappa shape index (κ3) is 2.22. The average molecular weight is 285 g/mol. The Hall–Kier alpha value is 0.137. The molecule has 0 N–H and O–H groups in total. The van der Waals surface area contributed by atoms with Gasteiger partial charge in [-0.1, -0.05) is 34.6 Å². The van der Waals surface area contributed by atoms with E-state index in [-0.39, 0.29) is 21.7 Å². The van der Waals surface area contributed by atoms with Gasteiger partial charge in [-0.15, -0.1) is 0 Å². The van der Waals surface area contributed by atoms with E-state index in [9.17, 15) is 0 Å². The molecule has 2 aliphatic rings. The van der Waals surface area contributed by atoms with Crippen molar-refractivity contribution >= 4 is 8.32 Å². The molecule has 0 amide bonds. The van der Waals surface area contributed by atoms with Gasteiger partial charge in [0.25, 0.3) is 0 Å². The van der Waals surface area contributed by atoms with Gasteiger partial charge in [-0.3, -0.25) is 0 Å². The van der Waals surface area contributed by atoms with Crippen LogP contribution in [0.5, 0.6) is 0 Å². The van der Waals surface area contributed by atoms with E-state index in [4.69, 9.17) is 9.16 Å². The second-order valence-corrected chi connectivity index (χ2v) is 13.8. The zero-order chi connectivity index (χ0) is 14.7. The molecule has 1 aliphatic heterocycles. The molecule has 0 aromatic carbocycles. The van der Waals surface area contributed by atoms with Crippen LogP contribution in [0.2, 0.25) is 18.1 Å². The minimum atomic E-state index is -1.68. The summed E-state index contributed by atoms with van der Waals surface area (Å²) in [6.07, 6.45) is 3.73. The topological polar surface area (TPSA) is 21.8 Å². The molecule has 1 aliphatic carbocycles. The van der Waals surface area contributed by atoms with Gasteiger partial charge in [0, 0.05) is 0 Å². The Kier molecular flexibility index (Phi) is 3.33. The van der Waals surface area contributed by atoms with E-state index in [2.05, 4.69) is 54.6 Å². The van der Waals surface area contributed by atoms with Crippen molar-refractivity contribution in [1.82, 2.24) is 0 Å². The van der Waals surface area contributed by atoms with Crippen LogP contribution in [0.3, 0.4) is 0 Å². The summed E-state index contributed by atoms with van der Waals surface area (Å²) in [5, 5.41) is 0.272. The summed E-state index contributed by atoms with van der Waals surface area (Å²) in [6.45, 7) is 19.3. The fourth-order valence-corrected chi connectivity index (χ4v) is 4.41. The summed E-state index contributed by atoms with van der Waals surface area (Å²) in [5.74, 6) is 0. The highest BCUT2D eigenvalue weighted by molar-refractivity contribution is 6.74. The highest BCUT2D eigenvalue weighted by atomic mass is 28.4. The molecule has 0 bridgehead atoms. The maximum atomic E-state index is 6.49. The fourth-order valence-electron chi connectivity index (χ4n) is 3.41. The molecule has 1 heterocycles. The summed E-state index contributed by atoms with van der Waals surface area (Å²) in [5.41, 5.74) is 0.271. The van der Waals surface area contributed by atoms with Gasteiger partial charge in [0.2, 0.25) is 0 Å². The van der Waals surface area contributed by atoms with Crippen molar-refractivity contribution in [3.8, 4) is 0 Å². The lowest BCUT2D eigenvalue weighted by molar-refractivity contribution is 0.0640. The van der Waals surface area contributed by atoms with Crippen molar-refractivity contribution < 1.29 is 9.16 Å². The number of epoxide rings is 1. The maximum absolute atomic E-state index is 6.49. The Morgan fingerprint density at radius 2 is 1.68 bits per heavy atom. The van der Waals surface area contributed by atoms with Crippen molar-refractivity contribution in [2.24, 2.45) is 5.41 Å². The van der Waals surface area contributed by atoms with Gasteiger partial charge in [-0.2, -0.15) is 0 Å². The van der Waals surface area contributed by atoms with E-state index in [0.717, 1.165) is 6.61 Å². The van der Waals surface area contributed by atoms with Gasteiger partial charge < -0.3 is 9.16 Å². The minimum absolute atomic E-state index is 0.0340. The average Bonchev–Trinajstić information content (AvgIpc) is 2.82. The first-order valence-corrected chi connectivity index (χ1v) is 10.6. The SMILES string of the molecule is CC1(C)CCC[C@]2(C)O[C@]12CO[Si](C)(C)C(C)(C)C. The number of rotatable bonds is 3. The quantitative estimate of drug-likeness (QED) is 0.551. The van der Waals surface area contributed by atoms with Crippen molar-refractivity contribution in [2.75, 3.05) is 6.61 Å². The zero-order valence-corrected chi connectivity index (χ0v) is 15.1. The summed E-state index contributed by atoms with van der Waals surface area (Å²) in [4.78, 5) is 0. The van der Waals surface area contributed by atoms with E-state index in [1.165, 1.54) is 19.3 Å². The summed E-state index contributed by atoms with van der Waals surface area (Å²) in [7, 11) is -1.68. The van der Waals surface area contributed by atoms with Crippen molar-refractivity contribution in [2.45, 2.75) is 90.1 Å². The molecule has 2 fully saturated rings. The standard InChI is InChI=1S/C16H32O2Si/c1-13(2,3)19(7,8)17-12-16-14(4,5)10-9-11-15(16,6)18-16/h9-12H2,1-8H3/t15-,16+/m0/s1. The van der Waals surface area contributed by atoms with Crippen LogP contribution in [-0.2, 0) is 9.16 Å². The lowest BCUT2D eigenvalue weighted by atomic mass is 9.64. The lowest BCUT2D eigenvalue weighted by Crippen LogP contribution is -2.50. The molecular formula is C16H32O2Si. The van der Waals surface area contributed by atoms with Gasteiger partial charge in [0.05, 0.1) is 12.2 Å². The zero-order valence-electron chi connectivity index (χ0n) is 14.1. The Balaban J connectivity index is 2.11. The Bertz CT molecular complexity index is 369. The second-order valence-electron chi connectivity index (χ2n) is 8.95. The monoisotopic (exact) mass is 284 g/mol. The molecule has 19 heavy (non-hydrogen) atoms. The van der Waals surface area contributed by atoms with Crippen LogP contribution >= 0.6 is 0 Å². The van der Waals surface area contributed by atoms with Crippen molar-refractivity contribution in [3.05, 3.63) is 0 Å². The van der Waals surface area contributed by atoms with Gasteiger partial charge in [0.1, 0.15) is 5.60 Å². The minimum Gasteiger partial charge on any atom is -0.414 e. The van der Waals surface area contributed by atoms with Gasteiger partial charge in [-0.05, 0) is 49.7 Å². The molecule has 2 rings (SSSR count). The number of hydrogen-bond donors (Lipinski definition) is 0. The molecule has 0 aromatic heterocycles. The van der Waals surface area contributed by atoms with E-state index < -0.39 is 8.32 Å². The van der Waals surface area contributed by atoms with Crippen molar-refractivity contribution in [3.63, 3.8) is 0 Å². The number of hydrogen-bond acceptors (Lipinski definition) is 2. The van der Waals surface area contributed by atoms with Gasteiger partial charge in [0.15, 0.2) is 8.32 Å². The van der Waals surface area contributed by atoms with Crippen LogP contribution in [0.1, 0.15) is 60.8 Å². The van der Waals surface area contributed by atoms with Crippen LogP contribution in [0.4, 0.5) is 0 Å². The molecule has 0 radical (unpaired) electrons. The number of ether oxygens (including phenoxy) is 1. The normalized spacial score (nSPS) is 37.9. The van der Waals surface area contributed by atoms with Gasteiger partial charge in [-0.25, -0.2) is 0 Å². The summed E-state index contributed by atoms with van der Waals surface area (Å²) < 4.78 is 12.8. The van der Waals surface area contributed by atoms with E-state index >= 15 is 0 Å². The highest BCUT2D eigenvalue weighted by Gasteiger charge is 2.74. The fraction of sp³-hybridized carbons (Fsp3) is 1.00. The lowest BCUT2D eigenvalue weighted by Gasteiger charge is -2.42. The molecule has 1 saturated heterocycles. The second kappa shape index (κ2) is 4.08. The van der Waals surface area contributed by atoms with Crippen LogP contribution in [0.25, 0.3) is 0 Å². The summed E-state index contributed by atoms with van der Waals surface area (Å²) >= 11 is 0. The maximum Gasteiger partial charge on any atom is 0.192 e. The third-order valence-electron chi connectivity index (χ3n) is 6.20. The van der Waals surface area contributed by atoms with Crippen LogP contribution in [0.15, 0.2) is 0 Å². The highest BCUT2D eigenvalue weighted by Crippen LogP contribution is 2.65. The third-order valence-corrected chi connectivity index (χ3v) is 10.7. The van der Waals surface area contributed by atoms with Crippen LogP contribution in [-0.4, -0.2) is 26.1 Å². The first-order valence-electron chi connectivity index (χ1n) is 7.71. The predicted molar refractivity (Wildman–Crippen MR) is 83.0 cm³/mol. The van der Waals surface area contributed by atoms with E-state index in [1.54, 1.807) is 0 Å². The Labute approximate surface area is 120 Å². The molecule has 2 nitrogen and oxygen atoms in total. The smallest absolute Gasteiger partial charge is 0.192 e. The molecule has 0 unspecified atom stereocenters. The Morgan fingerprint density at radius 3 is 2.16 bits per heavy atom. The molecule has 2 atom stereocenters. The molecule has 112 valence electrons. The Morgan fingerprint density at radius 1 is 1.11 bits per heavy atom. The first kappa shape index (κ1) is 15.5. The van der Waals surface area contributed by atoms with Crippen LogP contribution in [0, 0.1) is 5.41 Å². The molecule has 0 spiro atoms. The molecule has 3 heteroatoms. The predicted octanol–water partition coefficient (Wildman–Crippen LogP) is 4.75. The van der Waals surface area contributed by atoms with Crippen LogP contribution < -0.4 is 0 Å². The largest absolute Gasteiger partial charge is 0.414 e. The van der Waals surface area contributed by atoms with Crippen molar-refractivity contribution in [1.29, 1.82) is 0 Å². The first-order chi connectivity index (χ1) is 8.37. The van der Waals surface area contributed by atoms with E-state index in [0.29, 0.717) is 0 Å². The van der Waals surface area contributed by atoms with E-state index in [1.807, 2.05) is 0 Å². The molecule has 0 aromatic rings.